The summed E-state index contributed by atoms with van der Waals surface area (Å²) in [6.45, 7) is 1.96. The second-order valence-corrected chi connectivity index (χ2v) is 6.31. The van der Waals surface area contributed by atoms with Crippen molar-refractivity contribution in [3.8, 4) is 0 Å². The van der Waals surface area contributed by atoms with Gasteiger partial charge in [-0.2, -0.15) is 0 Å². The number of nitrogens with one attached hydrogen (secondary N) is 1. The molecule has 0 saturated carbocycles. The fraction of sp³-hybridized carbons (Fsp3) is 0.368. The van der Waals surface area contributed by atoms with Gasteiger partial charge in [-0.3, -0.25) is 5.41 Å². The number of anilines is 2. The van der Waals surface area contributed by atoms with Crippen molar-refractivity contribution >= 4 is 17.2 Å². The molecule has 0 radical (unpaired) electrons. The van der Waals surface area contributed by atoms with Crippen LogP contribution >= 0.6 is 0 Å². The van der Waals surface area contributed by atoms with Crippen LogP contribution in [0.1, 0.15) is 23.1 Å². The van der Waals surface area contributed by atoms with E-state index in [1.54, 1.807) is 30.5 Å². The zero-order valence-corrected chi connectivity index (χ0v) is 14.6. The van der Waals surface area contributed by atoms with Gasteiger partial charge < -0.3 is 25.6 Å². The van der Waals surface area contributed by atoms with Gasteiger partial charge in [-0.25, -0.2) is 4.98 Å². The van der Waals surface area contributed by atoms with E-state index in [0.717, 1.165) is 5.82 Å². The molecule has 1 aromatic carbocycles. The number of hydrogen-bond donors (Lipinski definition) is 4. The van der Waals surface area contributed by atoms with Gasteiger partial charge in [0.2, 0.25) is 0 Å². The van der Waals surface area contributed by atoms with Crippen molar-refractivity contribution in [1.29, 1.82) is 5.41 Å². The van der Waals surface area contributed by atoms with Gasteiger partial charge in [-0.05, 0) is 36.2 Å². The molecule has 26 heavy (non-hydrogen) atoms. The quantitative estimate of drug-likeness (QED) is 0.456. The van der Waals surface area contributed by atoms with Crippen molar-refractivity contribution < 1.29 is 14.9 Å². The Morgan fingerprint density at radius 2 is 2.15 bits per heavy atom. The van der Waals surface area contributed by atoms with Crippen molar-refractivity contribution in [1.82, 2.24) is 4.98 Å². The molecule has 3 rings (SSSR count). The van der Waals surface area contributed by atoms with Gasteiger partial charge in [0.15, 0.2) is 0 Å². The number of rotatable bonds is 6. The van der Waals surface area contributed by atoms with Crippen LogP contribution in [-0.2, 0) is 11.3 Å². The number of nitrogens with zero attached hydrogens (tertiary/aromatic N) is 2. The third-order valence-electron chi connectivity index (χ3n) is 4.52. The van der Waals surface area contributed by atoms with Crippen LogP contribution in [0, 0.1) is 5.41 Å². The summed E-state index contributed by atoms with van der Waals surface area (Å²) in [6, 6.07) is 8.85. The zero-order chi connectivity index (χ0) is 18.5. The molecule has 2 heterocycles. The Labute approximate surface area is 152 Å². The first-order chi connectivity index (χ1) is 12.6. The van der Waals surface area contributed by atoms with E-state index in [9.17, 15) is 5.11 Å². The third kappa shape index (κ3) is 4.01. The molecule has 0 bridgehead atoms. The molecular formula is C19H24N4O3. The van der Waals surface area contributed by atoms with Crippen LogP contribution in [0.4, 0.5) is 11.5 Å². The van der Waals surface area contributed by atoms with Gasteiger partial charge in [0.25, 0.3) is 0 Å². The number of aromatic nitrogens is 1. The number of hydrogen-bond acceptors (Lipinski definition) is 7. The highest BCUT2D eigenvalue weighted by molar-refractivity contribution is 6.14. The van der Waals surface area contributed by atoms with Crippen molar-refractivity contribution in [2.75, 3.05) is 36.9 Å². The average Bonchev–Trinajstić information content (AvgIpc) is 2.68. The van der Waals surface area contributed by atoms with E-state index in [4.69, 9.17) is 21.0 Å². The van der Waals surface area contributed by atoms with Crippen molar-refractivity contribution in [2.45, 2.75) is 19.1 Å². The highest BCUT2D eigenvalue weighted by Gasteiger charge is 2.21. The van der Waals surface area contributed by atoms with E-state index < -0.39 is 0 Å². The number of aliphatic hydroxyl groups is 2. The maximum Gasteiger partial charge on any atom is 0.129 e. The summed E-state index contributed by atoms with van der Waals surface area (Å²) in [6.07, 6.45) is 2.26. The second kappa shape index (κ2) is 8.27. The molecule has 0 aliphatic carbocycles. The third-order valence-corrected chi connectivity index (χ3v) is 4.52. The maximum atomic E-state index is 9.33. The van der Waals surface area contributed by atoms with Crippen molar-refractivity contribution in [3.05, 3.63) is 53.2 Å². The highest BCUT2D eigenvalue weighted by Crippen LogP contribution is 2.22. The summed E-state index contributed by atoms with van der Waals surface area (Å²) in [5.41, 5.74) is 8.84. The molecule has 138 valence electrons. The molecule has 2 aromatic rings. The van der Waals surface area contributed by atoms with Gasteiger partial charge in [-0.1, -0.05) is 6.07 Å². The molecular weight excluding hydrogens is 332 g/mol. The zero-order valence-electron chi connectivity index (χ0n) is 14.6. The number of pyridine rings is 1. The topological polar surface area (TPSA) is 116 Å². The highest BCUT2D eigenvalue weighted by atomic mass is 16.5. The Kier molecular flexibility index (Phi) is 5.82. The SMILES string of the molecule is N=C(c1ccnc(N2CCOC(CCO)C2)c1)c1cc(CO)ccc1N. The van der Waals surface area contributed by atoms with Gasteiger partial charge in [0.05, 0.1) is 25.0 Å². The Morgan fingerprint density at radius 1 is 1.31 bits per heavy atom. The first-order valence-electron chi connectivity index (χ1n) is 8.64. The van der Waals surface area contributed by atoms with Gasteiger partial charge in [0.1, 0.15) is 5.82 Å². The summed E-state index contributed by atoms with van der Waals surface area (Å²) in [7, 11) is 0. The summed E-state index contributed by atoms with van der Waals surface area (Å²) in [5.74, 6) is 0.773. The molecule has 7 nitrogen and oxygen atoms in total. The lowest BCUT2D eigenvalue weighted by molar-refractivity contribution is 0.0244. The number of aliphatic hydroxyl groups excluding tert-OH is 2. The van der Waals surface area contributed by atoms with Crippen LogP contribution in [0.25, 0.3) is 0 Å². The van der Waals surface area contributed by atoms with Crippen LogP contribution in [0.3, 0.4) is 0 Å². The van der Waals surface area contributed by atoms with Crippen LogP contribution in [0.15, 0.2) is 36.5 Å². The second-order valence-electron chi connectivity index (χ2n) is 6.31. The number of nitrogen functional groups attached to an aromatic ring is 1. The fourth-order valence-corrected chi connectivity index (χ4v) is 3.07. The lowest BCUT2D eigenvalue weighted by Gasteiger charge is -2.33. The predicted molar refractivity (Wildman–Crippen MR) is 101 cm³/mol. The van der Waals surface area contributed by atoms with E-state index in [2.05, 4.69) is 9.88 Å². The number of morpholine rings is 1. The smallest absolute Gasteiger partial charge is 0.129 e. The van der Waals surface area contributed by atoms with Gasteiger partial charge in [-0.15, -0.1) is 0 Å². The summed E-state index contributed by atoms with van der Waals surface area (Å²) >= 11 is 0. The minimum absolute atomic E-state index is 0.0180. The molecule has 1 fully saturated rings. The van der Waals surface area contributed by atoms with Gasteiger partial charge in [0, 0.05) is 42.7 Å². The Hall–Kier alpha value is -2.48. The molecule has 1 aliphatic rings. The number of ether oxygens (including phenoxy) is 1. The van der Waals surface area contributed by atoms with Crippen LogP contribution in [0.2, 0.25) is 0 Å². The lowest BCUT2D eigenvalue weighted by Crippen LogP contribution is -2.43. The molecule has 0 amide bonds. The molecule has 7 heteroatoms. The van der Waals surface area contributed by atoms with E-state index in [1.165, 1.54) is 0 Å². The molecule has 1 saturated heterocycles. The first-order valence-corrected chi connectivity index (χ1v) is 8.64. The van der Waals surface area contributed by atoms with Crippen LogP contribution < -0.4 is 10.6 Å². The van der Waals surface area contributed by atoms with Crippen molar-refractivity contribution in [3.63, 3.8) is 0 Å². The van der Waals surface area contributed by atoms with Gasteiger partial charge >= 0.3 is 0 Å². The summed E-state index contributed by atoms with van der Waals surface area (Å²) in [4.78, 5) is 6.54. The molecule has 1 aliphatic heterocycles. The Balaban J connectivity index is 1.84. The van der Waals surface area contributed by atoms with E-state index in [0.29, 0.717) is 54.2 Å². The van der Waals surface area contributed by atoms with Crippen molar-refractivity contribution in [2.24, 2.45) is 0 Å². The number of nitrogens with two attached hydrogens (primary N) is 1. The monoisotopic (exact) mass is 356 g/mol. The standard InChI is InChI=1S/C19H24N4O3/c20-17-2-1-13(12-25)9-16(17)19(21)14-3-5-22-18(10-14)23-6-8-26-15(11-23)4-7-24/h1-3,5,9-10,15,21,24-25H,4,6-8,11-12,20H2. The van der Waals surface area contributed by atoms with E-state index in [1.807, 2.05) is 6.07 Å². The molecule has 5 N–H and O–H groups in total. The minimum atomic E-state index is -0.0951. The molecule has 1 atom stereocenters. The maximum absolute atomic E-state index is 9.33. The number of benzene rings is 1. The Morgan fingerprint density at radius 3 is 2.92 bits per heavy atom. The summed E-state index contributed by atoms with van der Waals surface area (Å²) in [5, 5.41) is 27.0. The predicted octanol–water partition coefficient (Wildman–Crippen LogP) is 1.16. The summed E-state index contributed by atoms with van der Waals surface area (Å²) < 4.78 is 5.65. The minimum Gasteiger partial charge on any atom is -0.398 e. The molecule has 1 unspecified atom stereocenters. The molecule has 0 spiro atoms. The molecule has 1 aromatic heterocycles. The van der Waals surface area contributed by atoms with E-state index >= 15 is 0 Å². The van der Waals surface area contributed by atoms with Crippen LogP contribution in [-0.4, -0.2) is 53.3 Å². The first kappa shape index (κ1) is 18.3. The van der Waals surface area contributed by atoms with Crippen LogP contribution in [0.5, 0.6) is 0 Å². The largest absolute Gasteiger partial charge is 0.398 e. The van der Waals surface area contributed by atoms with E-state index in [-0.39, 0.29) is 19.3 Å². The lowest BCUT2D eigenvalue weighted by atomic mass is 9.99. The average molecular weight is 356 g/mol. The Bertz CT molecular complexity index is 779. The normalized spacial score (nSPS) is 17.3. The fourth-order valence-electron chi connectivity index (χ4n) is 3.07.